The summed E-state index contributed by atoms with van der Waals surface area (Å²) in [6.45, 7) is 2.33. The summed E-state index contributed by atoms with van der Waals surface area (Å²) in [4.78, 5) is 24.9. The van der Waals surface area contributed by atoms with Crippen molar-refractivity contribution in [1.82, 2.24) is 10.2 Å². The predicted molar refractivity (Wildman–Crippen MR) is 75.3 cm³/mol. The van der Waals surface area contributed by atoms with Crippen LogP contribution in [0.15, 0.2) is 0 Å². The van der Waals surface area contributed by atoms with E-state index in [4.69, 9.17) is 5.11 Å². The van der Waals surface area contributed by atoms with Crippen LogP contribution in [-0.4, -0.2) is 59.6 Å². The minimum Gasteiger partial charge on any atom is -0.480 e. The number of carbonyl (C=O) groups excluding carboxylic acids is 1. The van der Waals surface area contributed by atoms with Crippen LogP contribution < -0.4 is 5.32 Å². The molecule has 1 spiro atoms. The fraction of sp³-hybridized carbons (Fsp3) is 0.846. The molecule has 2 heterocycles. The first kappa shape index (κ1) is 14.7. The summed E-state index contributed by atoms with van der Waals surface area (Å²) in [6, 6.07) is -0.404. The van der Waals surface area contributed by atoms with Gasteiger partial charge in [0, 0.05) is 31.8 Å². The zero-order valence-electron chi connectivity index (χ0n) is 11.4. The Morgan fingerprint density at radius 2 is 2.11 bits per heavy atom. The minimum absolute atomic E-state index is 0.0966. The summed E-state index contributed by atoms with van der Waals surface area (Å²) in [5.74, 6) is 0.364. The Labute approximate surface area is 118 Å². The third kappa shape index (κ3) is 3.42. The molecule has 5 nitrogen and oxygen atoms in total. The van der Waals surface area contributed by atoms with Crippen LogP contribution in [0.5, 0.6) is 0 Å². The van der Waals surface area contributed by atoms with Gasteiger partial charge in [0.1, 0.15) is 6.04 Å². The molecule has 2 N–H and O–H groups in total. The third-order valence-corrected chi connectivity index (χ3v) is 4.97. The summed E-state index contributed by atoms with van der Waals surface area (Å²) in [5, 5.41) is 12.1. The fourth-order valence-corrected chi connectivity index (χ4v) is 3.43. The zero-order chi connectivity index (χ0) is 13.9. The number of hydrogen-bond acceptors (Lipinski definition) is 4. The molecule has 2 aliphatic rings. The van der Waals surface area contributed by atoms with Gasteiger partial charge in [0.25, 0.3) is 0 Å². The van der Waals surface area contributed by atoms with E-state index in [-0.39, 0.29) is 11.3 Å². The van der Waals surface area contributed by atoms with Crippen molar-refractivity contribution >= 4 is 23.6 Å². The van der Waals surface area contributed by atoms with Gasteiger partial charge in [0.15, 0.2) is 0 Å². The Morgan fingerprint density at radius 1 is 1.42 bits per heavy atom. The van der Waals surface area contributed by atoms with Crippen molar-refractivity contribution in [3.05, 3.63) is 0 Å². The molecule has 6 heteroatoms. The van der Waals surface area contributed by atoms with E-state index in [0.29, 0.717) is 12.8 Å². The number of hydrogen-bond donors (Lipinski definition) is 2. The van der Waals surface area contributed by atoms with Gasteiger partial charge in [0.2, 0.25) is 5.91 Å². The molecule has 0 unspecified atom stereocenters. The van der Waals surface area contributed by atoms with Crippen LogP contribution in [0.3, 0.4) is 0 Å². The molecule has 2 aliphatic heterocycles. The summed E-state index contributed by atoms with van der Waals surface area (Å²) in [6.07, 6.45) is 5.18. The molecular formula is C13H22N2O3S. The summed E-state index contributed by atoms with van der Waals surface area (Å²) in [5.41, 5.74) is 0.0966. The Hall–Kier alpha value is -0.750. The van der Waals surface area contributed by atoms with E-state index in [2.05, 4.69) is 5.32 Å². The van der Waals surface area contributed by atoms with Gasteiger partial charge in [-0.15, -0.1) is 0 Å². The van der Waals surface area contributed by atoms with Gasteiger partial charge in [-0.1, -0.05) is 0 Å². The van der Waals surface area contributed by atoms with Crippen LogP contribution >= 0.6 is 11.8 Å². The van der Waals surface area contributed by atoms with Crippen molar-refractivity contribution in [3.8, 4) is 0 Å². The summed E-state index contributed by atoms with van der Waals surface area (Å²) < 4.78 is 0. The van der Waals surface area contributed by atoms with Crippen LogP contribution in [0.25, 0.3) is 0 Å². The van der Waals surface area contributed by atoms with E-state index >= 15 is 0 Å². The monoisotopic (exact) mass is 286 g/mol. The molecule has 0 saturated carbocycles. The first-order valence-corrected chi connectivity index (χ1v) is 8.19. The van der Waals surface area contributed by atoms with Crippen molar-refractivity contribution in [2.24, 2.45) is 5.41 Å². The number of thioether (sulfide) groups is 1. The Bertz CT molecular complexity index is 354. The molecule has 2 saturated heterocycles. The van der Waals surface area contributed by atoms with E-state index in [1.54, 1.807) is 11.8 Å². The predicted octanol–water partition coefficient (Wildman–Crippen LogP) is 0.795. The highest BCUT2D eigenvalue weighted by atomic mass is 32.2. The number of piperidine rings is 1. The van der Waals surface area contributed by atoms with Crippen LogP contribution in [0.4, 0.5) is 0 Å². The first-order valence-electron chi connectivity index (χ1n) is 6.79. The van der Waals surface area contributed by atoms with E-state index < -0.39 is 12.0 Å². The molecule has 1 atom stereocenters. The molecule has 19 heavy (non-hydrogen) atoms. The van der Waals surface area contributed by atoms with Crippen LogP contribution in [-0.2, 0) is 9.59 Å². The zero-order valence-corrected chi connectivity index (χ0v) is 12.2. The number of carbonyl (C=O) groups is 2. The van der Waals surface area contributed by atoms with Crippen LogP contribution in [0.2, 0.25) is 0 Å². The highest BCUT2D eigenvalue weighted by molar-refractivity contribution is 7.98. The number of nitrogens with zero attached hydrogens (tertiary/aromatic N) is 1. The van der Waals surface area contributed by atoms with Gasteiger partial charge >= 0.3 is 5.97 Å². The lowest BCUT2D eigenvalue weighted by Gasteiger charge is -2.39. The van der Waals surface area contributed by atoms with Gasteiger partial charge in [0.05, 0.1) is 0 Å². The Kier molecular flexibility index (Phi) is 4.73. The average Bonchev–Trinajstić information content (AvgIpc) is 2.81. The maximum atomic E-state index is 11.9. The van der Waals surface area contributed by atoms with Gasteiger partial charge in [-0.25, -0.2) is 0 Å². The second kappa shape index (κ2) is 6.13. The standard InChI is InChI=1S/C13H22N2O3S/c1-19-7-2-11(16)15-5-3-13(4-6-15)8-10(12(17)18)14-9-13/h10,14H,2-9H2,1H3,(H,17,18)/t10-/m0/s1. The highest BCUT2D eigenvalue weighted by Crippen LogP contribution is 2.39. The fourth-order valence-electron chi connectivity index (χ4n) is 3.05. The molecule has 0 radical (unpaired) electrons. The van der Waals surface area contributed by atoms with Crippen molar-refractivity contribution in [2.75, 3.05) is 31.6 Å². The van der Waals surface area contributed by atoms with E-state index in [0.717, 1.165) is 38.2 Å². The van der Waals surface area contributed by atoms with E-state index in [9.17, 15) is 9.59 Å². The molecule has 1 amide bonds. The maximum Gasteiger partial charge on any atom is 0.320 e. The molecule has 108 valence electrons. The smallest absolute Gasteiger partial charge is 0.320 e. The van der Waals surface area contributed by atoms with Crippen molar-refractivity contribution < 1.29 is 14.7 Å². The first-order chi connectivity index (χ1) is 9.06. The number of likely N-dealkylation sites (tertiary alicyclic amines) is 1. The summed E-state index contributed by atoms with van der Waals surface area (Å²) >= 11 is 1.69. The van der Waals surface area contributed by atoms with Crippen molar-refractivity contribution in [2.45, 2.75) is 31.7 Å². The number of amides is 1. The number of carboxylic acid groups (broad SMARTS) is 1. The maximum absolute atomic E-state index is 11.9. The number of aliphatic carboxylic acids is 1. The van der Waals surface area contributed by atoms with E-state index in [1.165, 1.54) is 0 Å². The van der Waals surface area contributed by atoms with Gasteiger partial charge in [-0.3, -0.25) is 9.59 Å². The summed E-state index contributed by atoms with van der Waals surface area (Å²) in [7, 11) is 0. The van der Waals surface area contributed by atoms with Gasteiger partial charge in [-0.05, 0) is 30.9 Å². The number of carboxylic acids is 1. The lowest BCUT2D eigenvalue weighted by molar-refractivity contribution is -0.139. The molecule has 2 rings (SSSR count). The molecule has 0 bridgehead atoms. The van der Waals surface area contributed by atoms with Crippen molar-refractivity contribution in [1.29, 1.82) is 0 Å². The molecule has 0 aliphatic carbocycles. The largest absolute Gasteiger partial charge is 0.480 e. The highest BCUT2D eigenvalue weighted by Gasteiger charge is 2.43. The lowest BCUT2D eigenvalue weighted by atomic mass is 9.76. The average molecular weight is 286 g/mol. The molecular weight excluding hydrogens is 264 g/mol. The van der Waals surface area contributed by atoms with Gasteiger partial charge < -0.3 is 15.3 Å². The lowest BCUT2D eigenvalue weighted by Crippen LogP contribution is -2.44. The molecule has 2 fully saturated rings. The molecule has 0 aromatic heterocycles. The normalized spacial score (nSPS) is 25.7. The van der Waals surface area contributed by atoms with E-state index in [1.807, 2.05) is 11.2 Å². The second-order valence-electron chi connectivity index (χ2n) is 5.60. The Morgan fingerprint density at radius 3 is 2.63 bits per heavy atom. The Balaban J connectivity index is 1.82. The van der Waals surface area contributed by atoms with Crippen LogP contribution in [0.1, 0.15) is 25.7 Å². The quantitative estimate of drug-likeness (QED) is 0.800. The van der Waals surface area contributed by atoms with Gasteiger partial charge in [-0.2, -0.15) is 11.8 Å². The SMILES string of the molecule is CSCCC(=O)N1CCC2(CC1)CN[C@H](C(=O)O)C2. The van der Waals surface area contributed by atoms with Crippen LogP contribution in [0, 0.1) is 5.41 Å². The van der Waals surface area contributed by atoms with Crippen molar-refractivity contribution in [3.63, 3.8) is 0 Å². The topological polar surface area (TPSA) is 69.6 Å². The number of rotatable bonds is 4. The molecule has 0 aromatic rings. The third-order valence-electron chi connectivity index (χ3n) is 4.36. The molecule has 0 aromatic carbocycles. The number of nitrogens with one attached hydrogen (secondary N) is 1. The minimum atomic E-state index is -0.754. The second-order valence-corrected chi connectivity index (χ2v) is 6.59.